The zero-order valence-electron chi connectivity index (χ0n) is 10.1. The molecule has 0 aromatic heterocycles. The van der Waals surface area contributed by atoms with Gasteiger partial charge in [-0.2, -0.15) is 0 Å². The van der Waals surface area contributed by atoms with Crippen molar-refractivity contribution in [3.05, 3.63) is 34.6 Å². The predicted molar refractivity (Wildman–Crippen MR) is 66.4 cm³/mol. The van der Waals surface area contributed by atoms with E-state index >= 15 is 0 Å². The van der Waals surface area contributed by atoms with E-state index < -0.39 is 0 Å². The third-order valence-corrected chi connectivity index (χ3v) is 2.81. The standard InChI is InChI=1S/C12H16ClFN2O/c1-8(12(17)16(2)3)15-7-9-10(13)5-4-6-11(9)14/h4-6,8,15H,7H2,1-3H3. The Bertz CT molecular complexity index is 389. The van der Waals surface area contributed by atoms with Gasteiger partial charge in [-0.1, -0.05) is 17.7 Å². The van der Waals surface area contributed by atoms with Crippen molar-refractivity contribution in [2.75, 3.05) is 14.1 Å². The first kappa shape index (κ1) is 13.9. The number of hydrogen-bond acceptors (Lipinski definition) is 2. The van der Waals surface area contributed by atoms with E-state index in [1.54, 1.807) is 33.2 Å². The summed E-state index contributed by atoms with van der Waals surface area (Å²) in [5.41, 5.74) is 0.382. The van der Waals surface area contributed by atoms with Gasteiger partial charge < -0.3 is 10.2 Å². The molecule has 1 unspecified atom stereocenters. The molecule has 0 bridgehead atoms. The van der Waals surface area contributed by atoms with E-state index in [0.29, 0.717) is 10.6 Å². The zero-order chi connectivity index (χ0) is 13.0. The van der Waals surface area contributed by atoms with Crippen LogP contribution in [0.3, 0.4) is 0 Å². The maximum absolute atomic E-state index is 13.4. The summed E-state index contributed by atoms with van der Waals surface area (Å²) in [7, 11) is 3.35. The first-order valence-electron chi connectivity index (χ1n) is 5.31. The summed E-state index contributed by atoms with van der Waals surface area (Å²) < 4.78 is 13.4. The maximum Gasteiger partial charge on any atom is 0.238 e. The Morgan fingerprint density at radius 1 is 1.53 bits per heavy atom. The predicted octanol–water partition coefficient (Wildman–Crippen LogP) is 2.05. The quantitative estimate of drug-likeness (QED) is 0.897. The summed E-state index contributed by atoms with van der Waals surface area (Å²) in [6, 6.07) is 4.15. The normalized spacial score (nSPS) is 12.3. The van der Waals surface area contributed by atoms with Gasteiger partial charge in [-0.05, 0) is 19.1 Å². The number of rotatable bonds is 4. The minimum atomic E-state index is -0.374. The highest BCUT2D eigenvalue weighted by molar-refractivity contribution is 6.31. The van der Waals surface area contributed by atoms with Crippen molar-refractivity contribution >= 4 is 17.5 Å². The number of hydrogen-bond donors (Lipinski definition) is 1. The fraction of sp³-hybridized carbons (Fsp3) is 0.417. The van der Waals surface area contributed by atoms with Gasteiger partial charge >= 0.3 is 0 Å². The molecular formula is C12H16ClFN2O. The van der Waals surface area contributed by atoms with Gasteiger partial charge in [-0.3, -0.25) is 4.79 Å². The molecular weight excluding hydrogens is 243 g/mol. The van der Waals surface area contributed by atoms with Gasteiger partial charge in [0.15, 0.2) is 0 Å². The Balaban J connectivity index is 2.65. The number of carbonyl (C=O) groups excluding carboxylic acids is 1. The number of benzene rings is 1. The molecule has 0 spiro atoms. The average Bonchev–Trinajstić information content (AvgIpc) is 2.26. The maximum atomic E-state index is 13.4. The Kier molecular flexibility index (Phi) is 4.90. The van der Waals surface area contributed by atoms with Crippen LogP contribution in [0.2, 0.25) is 5.02 Å². The molecule has 3 nitrogen and oxygen atoms in total. The van der Waals surface area contributed by atoms with Gasteiger partial charge in [0, 0.05) is 31.2 Å². The summed E-state index contributed by atoms with van der Waals surface area (Å²) in [6.45, 7) is 1.96. The smallest absolute Gasteiger partial charge is 0.238 e. The lowest BCUT2D eigenvalue weighted by Gasteiger charge is -2.18. The van der Waals surface area contributed by atoms with Crippen LogP contribution in [0.5, 0.6) is 0 Å². The summed E-state index contributed by atoms with van der Waals surface area (Å²) in [6.07, 6.45) is 0. The third kappa shape index (κ3) is 3.68. The molecule has 0 aliphatic heterocycles. The lowest BCUT2D eigenvalue weighted by Crippen LogP contribution is -2.41. The van der Waals surface area contributed by atoms with Crippen LogP contribution in [0, 0.1) is 5.82 Å². The number of halogens is 2. The van der Waals surface area contributed by atoms with E-state index in [-0.39, 0.29) is 24.3 Å². The van der Waals surface area contributed by atoms with Crippen LogP contribution in [0.1, 0.15) is 12.5 Å². The van der Waals surface area contributed by atoms with Crippen LogP contribution in [-0.2, 0) is 11.3 Å². The number of amides is 1. The largest absolute Gasteiger partial charge is 0.347 e. The lowest BCUT2D eigenvalue weighted by molar-refractivity contribution is -0.130. The van der Waals surface area contributed by atoms with Gasteiger partial charge in [0.2, 0.25) is 5.91 Å². The van der Waals surface area contributed by atoms with Crippen molar-refractivity contribution < 1.29 is 9.18 Å². The molecule has 1 amide bonds. The van der Waals surface area contributed by atoms with Crippen molar-refractivity contribution in [1.82, 2.24) is 10.2 Å². The summed E-state index contributed by atoms with van der Waals surface area (Å²) in [5.74, 6) is -0.424. The Hall–Kier alpha value is -1.13. The lowest BCUT2D eigenvalue weighted by atomic mass is 10.2. The number of likely N-dealkylation sites (N-methyl/N-ethyl adjacent to an activating group) is 1. The van der Waals surface area contributed by atoms with Crippen molar-refractivity contribution in [2.45, 2.75) is 19.5 Å². The van der Waals surface area contributed by atoms with Crippen molar-refractivity contribution in [3.63, 3.8) is 0 Å². The molecule has 0 saturated heterocycles. The van der Waals surface area contributed by atoms with Gasteiger partial charge in [-0.25, -0.2) is 4.39 Å². The van der Waals surface area contributed by atoms with E-state index in [1.165, 1.54) is 11.0 Å². The van der Waals surface area contributed by atoms with Crippen LogP contribution < -0.4 is 5.32 Å². The van der Waals surface area contributed by atoms with E-state index in [0.717, 1.165) is 0 Å². The SMILES string of the molecule is CC(NCc1c(F)cccc1Cl)C(=O)N(C)C. The second-order valence-electron chi connectivity index (χ2n) is 4.04. The first-order valence-corrected chi connectivity index (χ1v) is 5.68. The van der Waals surface area contributed by atoms with Crippen LogP contribution in [0.4, 0.5) is 4.39 Å². The third-order valence-electron chi connectivity index (χ3n) is 2.46. The summed E-state index contributed by atoms with van der Waals surface area (Å²) >= 11 is 5.88. The molecule has 94 valence electrons. The summed E-state index contributed by atoms with van der Waals surface area (Å²) in [4.78, 5) is 13.1. The monoisotopic (exact) mass is 258 g/mol. The van der Waals surface area contributed by atoms with E-state index in [9.17, 15) is 9.18 Å². The average molecular weight is 259 g/mol. The Labute approximate surface area is 106 Å². The highest BCUT2D eigenvalue weighted by Gasteiger charge is 2.15. The molecule has 17 heavy (non-hydrogen) atoms. The molecule has 0 aliphatic rings. The Morgan fingerprint density at radius 2 is 2.18 bits per heavy atom. The van der Waals surface area contributed by atoms with E-state index in [4.69, 9.17) is 11.6 Å². The molecule has 1 rings (SSSR count). The van der Waals surface area contributed by atoms with E-state index in [2.05, 4.69) is 5.32 Å². The van der Waals surface area contributed by atoms with Gasteiger partial charge in [-0.15, -0.1) is 0 Å². The number of nitrogens with zero attached hydrogens (tertiary/aromatic N) is 1. The molecule has 0 saturated carbocycles. The molecule has 0 aliphatic carbocycles. The van der Waals surface area contributed by atoms with Crippen molar-refractivity contribution in [2.24, 2.45) is 0 Å². The van der Waals surface area contributed by atoms with Crippen LogP contribution >= 0.6 is 11.6 Å². The number of carbonyl (C=O) groups is 1. The van der Waals surface area contributed by atoms with Crippen LogP contribution in [-0.4, -0.2) is 30.9 Å². The molecule has 0 radical (unpaired) electrons. The zero-order valence-corrected chi connectivity index (χ0v) is 10.9. The van der Waals surface area contributed by atoms with Gasteiger partial charge in [0.05, 0.1) is 6.04 Å². The summed E-state index contributed by atoms with van der Waals surface area (Å²) in [5, 5.41) is 3.31. The minimum Gasteiger partial charge on any atom is -0.347 e. The highest BCUT2D eigenvalue weighted by Crippen LogP contribution is 2.18. The second-order valence-corrected chi connectivity index (χ2v) is 4.44. The first-order chi connectivity index (χ1) is 7.93. The Morgan fingerprint density at radius 3 is 2.71 bits per heavy atom. The van der Waals surface area contributed by atoms with E-state index in [1.807, 2.05) is 0 Å². The second kappa shape index (κ2) is 5.98. The minimum absolute atomic E-state index is 0.0579. The molecule has 1 aromatic rings. The topological polar surface area (TPSA) is 32.3 Å². The molecule has 1 atom stereocenters. The molecule has 1 aromatic carbocycles. The number of nitrogens with one attached hydrogen (secondary N) is 1. The molecule has 0 heterocycles. The van der Waals surface area contributed by atoms with Crippen molar-refractivity contribution in [1.29, 1.82) is 0 Å². The molecule has 1 N–H and O–H groups in total. The molecule has 0 fully saturated rings. The highest BCUT2D eigenvalue weighted by atomic mass is 35.5. The fourth-order valence-corrected chi connectivity index (χ4v) is 1.66. The fourth-order valence-electron chi connectivity index (χ4n) is 1.43. The van der Waals surface area contributed by atoms with Crippen molar-refractivity contribution in [3.8, 4) is 0 Å². The van der Waals surface area contributed by atoms with Gasteiger partial charge in [0.1, 0.15) is 5.82 Å². The van der Waals surface area contributed by atoms with Gasteiger partial charge in [0.25, 0.3) is 0 Å². The van der Waals surface area contributed by atoms with Crippen LogP contribution in [0.25, 0.3) is 0 Å². The molecule has 5 heteroatoms. The van der Waals surface area contributed by atoms with Crippen LogP contribution in [0.15, 0.2) is 18.2 Å².